The quantitative estimate of drug-likeness (QED) is 0.695. The third-order valence-corrected chi connectivity index (χ3v) is 3.41. The maximum absolute atomic E-state index is 10.2. The Morgan fingerprint density at radius 3 is 2.22 bits per heavy atom. The van der Waals surface area contributed by atoms with Crippen LogP contribution in [0, 0.1) is 0 Å². The topological polar surface area (TPSA) is 52.5 Å². The molecule has 0 spiro atoms. The van der Waals surface area contributed by atoms with Crippen LogP contribution in [0.4, 0.5) is 0 Å². The summed E-state index contributed by atoms with van der Waals surface area (Å²) in [5.74, 6) is 0. The van der Waals surface area contributed by atoms with Crippen LogP contribution in [0.5, 0.6) is 0 Å². The average molecular weight is 251 g/mol. The molecule has 0 aliphatic rings. The van der Waals surface area contributed by atoms with E-state index in [0.29, 0.717) is 0 Å². The van der Waals surface area contributed by atoms with E-state index in [0.717, 1.165) is 18.4 Å². The molecule has 0 fully saturated rings. The van der Waals surface area contributed by atoms with Gasteiger partial charge in [-0.15, -0.1) is 0 Å². The zero-order valence-electron chi connectivity index (χ0n) is 11.6. The van der Waals surface area contributed by atoms with Crippen molar-refractivity contribution in [2.45, 2.75) is 51.8 Å². The predicted octanol–water partition coefficient (Wildman–Crippen LogP) is 2.03. The Hall–Kier alpha value is -0.900. The molecule has 3 nitrogen and oxygen atoms in total. The highest BCUT2D eigenvalue weighted by atomic mass is 16.3. The number of aliphatic hydroxyl groups excluding tert-OH is 2. The van der Waals surface area contributed by atoms with E-state index >= 15 is 0 Å². The van der Waals surface area contributed by atoms with E-state index in [-0.39, 0.29) is 18.7 Å². The summed E-state index contributed by atoms with van der Waals surface area (Å²) in [5, 5.41) is 22.6. The first kappa shape index (κ1) is 15.2. The zero-order chi connectivity index (χ0) is 13.5. The van der Waals surface area contributed by atoms with Gasteiger partial charge >= 0.3 is 0 Å². The van der Waals surface area contributed by atoms with Gasteiger partial charge < -0.3 is 15.5 Å². The second-order valence-electron chi connectivity index (χ2n) is 4.78. The Labute approximate surface area is 110 Å². The number of rotatable bonds is 7. The Morgan fingerprint density at radius 1 is 1.17 bits per heavy atom. The fraction of sp³-hybridized carbons (Fsp3) is 0.600. The Bertz CT molecular complexity index is 333. The number of benzene rings is 1. The lowest BCUT2D eigenvalue weighted by molar-refractivity contribution is 0.118. The van der Waals surface area contributed by atoms with Gasteiger partial charge in [-0.05, 0) is 30.9 Å². The van der Waals surface area contributed by atoms with Crippen LogP contribution in [0.3, 0.4) is 0 Å². The Kier molecular flexibility index (Phi) is 6.33. The molecule has 3 N–H and O–H groups in total. The fourth-order valence-electron chi connectivity index (χ4n) is 2.00. The lowest BCUT2D eigenvalue weighted by Gasteiger charge is -2.25. The lowest BCUT2D eigenvalue weighted by Crippen LogP contribution is -2.41. The van der Waals surface area contributed by atoms with E-state index < -0.39 is 6.10 Å². The number of aryl methyl sites for hydroxylation is 1. The van der Waals surface area contributed by atoms with Crippen LogP contribution in [0.2, 0.25) is 0 Å². The first-order valence-electron chi connectivity index (χ1n) is 6.76. The summed E-state index contributed by atoms with van der Waals surface area (Å²) in [6, 6.07) is 8.02. The van der Waals surface area contributed by atoms with Gasteiger partial charge in [-0.1, -0.05) is 38.1 Å². The van der Waals surface area contributed by atoms with Gasteiger partial charge in [0.05, 0.1) is 12.7 Å². The van der Waals surface area contributed by atoms with Gasteiger partial charge in [-0.3, -0.25) is 0 Å². The first-order valence-corrected chi connectivity index (χ1v) is 6.76. The molecule has 1 rings (SSSR count). The highest BCUT2D eigenvalue weighted by Gasteiger charge is 2.18. The normalized spacial score (nSPS) is 16.3. The summed E-state index contributed by atoms with van der Waals surface area (Å²) < 4.78 is 0. The fourth-order valence-corrected chi connectivity index (χ4v) is 2.00. The standard InChI is InChI=1S/C15H25NO2/c1-4-12-6-8-13(9-7-12)15(18)11(3)16-14(5-2)10-17/h6-9,11,14-18H,4-5,10H2,1-3H3. The summed E-state index contributed by atoms with van der Waals surface area (Å²) in [6.45, 7) is 6.17. The molecule has 102 valence electrons. The molecule has 0 aliphatic heterocycles. The van der Waals surface area contributed by atoms with E-state index in [4.69, 9.17) is 5.11 Å². The van der Waals surface area contributed by atoms with Crippen molar-refractivity contribution in [1.82, 2.24) is 5.32 Å². The van der Waals surface area contributed by atoms with Gasteiger partial charge in [0, 0.05) is 12.1 Å². The summed E-state index contributed by atoms with van der Waals surface area (Å²) >= 11 is 0. The average Bonchev–Trinajstić information content (AvgIpc) is 2.43. The molecule has 1 aromatic rings. The van der Waals surface area contributed by atoms with Crippen LogP contribution in [0.15, 0.2) is 24.3 Å². The van der Waals surface area contributed by atoms with Crippen molar-refractivity contribution in [3.05, 3.63) is 35.4 Å². The molecule has 0 heterocycles. The molecule has 0 saturated carbocycles. The molecular formula is C15H25NO2. The molecule has 0 aromatic heterocycles. The first-order chi connectivity index (χ1) is 8.62. The van der Waals surface area contributed by atoms with Crippen LogP contribution in [-0.2, 0) is 6.42 Å². The third kappa shape index (κ3) is 4.09. The third-order valence-electron chi connectivity index (χ3n) is 3.41. The highest BCUT2D eigenvalue weighted by molar-refractivity contribution is 5.24. The van der Waals surface area contributed by atoms with Gasteiger partial charge in [0.2, 0.25) is 0 Å². The maximum atomic E-state index is 10.2. The molecule has 0 radical (unpaired) electrons. The molecule has 0 bridgehead atoms. The van der Waals surface area contributed by atoms with Crippen LogP contribution in [0.25, 0.3) is 0 Å². The summed E-state index contributed by atoms with van der Waals surface area (Å²) in [5.41, 5.74) is 2.19. The van der Waals surface area contributed by atoms with E-state index in [1.807, 2.05) is 26.0 Å². The number of hydrogen-bond donors (Lipinski definition) is 3. The van der Waals surface area contributed by atoms with E-state index in [9.17, 15) is 5.11 Å². The molecule has 0 aliphatic carbocycles. The number of aliphatic hydroxyl groups is 2. The Balaban J connectivity index is 2.64. The van der Waals surface area contributed by atoms with Crippen molar-refractivity contribution in [3.8, 4) is 0 Å². The van der Waals surface area contributed by atoms with Crippen LogP contribution in [0.1, 0.15) is 44.4 Å². The van der Waals surface area contributed by atoms with Crippen LogP contribution < -0.4 is 5.32 Å². The summed E-state index contributed by atoms with van der Waals surface area (Å²) in [7, 11) is 0. The summed E-state index contributed by atoms with van der Waals surface area (Å²) in [6.07, 6.45) is 1.31. The van der Waals surface area contributed by atoms with E-state index in [1.54, 1.807) is 0 Å². The zero-order valence-corrected chi connectivity index (χ0v) is 11.6. The monoisotopic (exact) mass is 251 g/mol. The van der Waals surface area contributed by atoms with Crippen molar-refractivity contribution in [1.29, 1.82) is 0 Å². The number of nitrogens with one attached hydrogen (secondary N) is 1. The molecule has 3 heteroatoms. The molecule has 3 unspecified atom stereocenters. The molecule has 3 atom stereocenters. The molecule has 0 amide bonds. The predicted molar refractivity (Wildman–Crippen MR) is 74.5 cm³/mol. The lowest BCUT2D eigenvalue weighted by atomic mass is 10.0. The maximum Gasteiger partial charge on any atom is 0.0940 e. The van der Waals surface area contributed by atoms with E-state index in [1.165, 1.54) is 5.56 Å². The SMILES string of the molecule is CCc1ccc(C(O)C(C)NC(CC)CO)cc1. The number of hydrogen-bond acceptors (Lipinski definition) is 3. The molecule has 18 heavy (non-hydrogen) atoms. The smallest absolute Gasteiger partial charge is 0.0940 e. The van der Waals surface area contributed by atoms with Crippen molar-refractivity contribution in [3.63, 3.8) is 0 Å². The minimum absolute atomic E-state index is 0.0459. The molecular weight excluding hydrogens is 226 g/mol. The highest BCUT2D eigenvalue weighted by Crippen LogP contribution is 2.18. The summed E-state index contributed by atoms with van der Waals surface area (Å²) in [4.78, 5) is 0. The van der Waals surface area contributed by atoms with Crippen molar-refractivity contribution in [2.75, 3.05) is 6.61 Å². The van der Waals surface area contributed by atoms with E-state index in [2.05, 4.69) is 24.4 Å². The second-order valence-corrected chi connectivity index (χ2v) is 4.78. The van der Waals surface area contributed by atoms with Crippen molar-refractivity contribution >= 4 is 0 Å². The minimum atomic E-state index is -0.545. The Morgan fingerprint density at radius 2 is 1.78 bits per heavy atom. The van der Waals surface area contributed by atoms with Gasteiger partial charge in [0.25, 0.3) is 0 Å². The van der Waals surface area contributed by atoms with Crippen LogP contribution in [-0.4, -0.2) is 28.9 Å². The van der Waals surface area contributed by atoms with Gasteiger partial charge in [-0.2, -0.15) is 0 Å². The van der Waals surface area contributed by atoms with Gasteiger partial charge in [0.15, 0.2) is 0 Å². The van der Waals surface area contributed by atoms with Crippen LogP contribution >= 0.6 is 0 Å². The van der Waals surface area contributed by atoms with Gasteiger partial charge in [0.1, 0.15) is 0 Å². The van der Waals surface area contributed by atoms with Crippen molar-refractivity contribution < 1.29 is 10.2 Å². The largest absolute Gasteiger partial charge is 0.395 e. The molecule has 0 saturated heterocycles. The minimum Gasteiger partial charge on any atom is -0.395 e. The second kappa shape index (κ2) is 7.52. The van der Waals surface area contributed by atoms with Crippen molar-refractivity contribution in [2.24, 2.45) is 0 Å². The van der Waals surface area contributed by atoms with Gasteiger partial charge in [-0.25, -0.2) is 0 Å². The molecule has 1 aromatic carbocycles.